The Labute approximate surface area is 149 Å². The molecule has 8 heteroatoms. The van der Waals surface area contributed by atoms with E-state index in [9.17, 15) is 13.6 Å². The minimum absolute atomic E-state index is 0.151. The number of nitrogens with one attached hydrogen (secondary N) is 3. The van der Waals surface area contributed by atoms with Gasteiger partial charge in [0.15, 0.2) is 11.5 Å². The zero-order valence-electron chi connectivity index (χ0n) is 14.2. The van der Waals surface area contributed by atoms with Crippen LogP contribution in [0.5, 0.6) is 0 Å². The molecule has 1 atom stereocenters. The number of nitrogen functional groups attached to an aromatic ring is 1. The van der Waals surface area contributed by atoms with Crippen LogP contribution in [0, 0.1) is 17.6 Å². The molecular weight excluding hydrogens is 340 g/mol. The Balaban J connectivity index is 1.74. The molecule has 1 fully saturated rings. The van der Waals surface area contributed by atoms with Gasteiger partial charge in [0, 0.05) is 18.3 Å². The number of ketones is 1. The fourth-order valence-electron chi connectivity index (χ4n) is 3.20. The minimum atomic E-state index is -1.05. The number of aliphatic imine (C=N–C) groups is 1. The number of fused-ring (bicyclic) bond motifs is 1. The molecule has 0 spiro atoms. The number of carbonyl (C=O) groups excluding carboxylic acids is 1. The maximum atomic E-state index is 14.3. The Bertz CT molecular complexity index is 888. The van der Waals surface area contributed by atoms with E-state index in [1.807, 2.05) is 0 Å². The van der Waals surface area contributed by atoms with Crippen molar-refractivity contribution >= 4 is 17.8 Å². The zero-order valence-corrected chi connectivity index (χ0v) is 14.2. The van der Waals surface area contributed by atoms with Crippen molar-refractivity contribution in [3.8, 4) is 0 Å². The molecule has 136 valence electrons. The summed E-state index contributed by atoms with van der Waals surface area (Å²) in [4.78, 5) is 17.3. The van der Waals surface area contributed by atoms with Gasteiger partial charge >= 0.3 is 0 Å². The highest BCUT2D eigenvalue weighted by Crippen LogP contribution is 2.37. The molecule has 0 amide bonds. The SMILES string of the molecule is CC12N=CNC(NCC3CC3)=C1C(C(=O)c1c(F)ccc(N)c1F)=CN2. The summed E-state index contributed by atoms with van der Waals surface area (Å²) in [5.74, 6) is -1.55. The smallest absolute Gasteiger partial charge is 0.201 e. The Morgan fingerprint density at radius 3 is 2.92 bits per heavy atom. The maximum Gasteiger partial charge on any atom is 0.201 e. The number of halogens is 2. The number of nitrogens with zero attached hydrogens (tertiary/aromatic N) is 1. The van der Waals surface area contributed by atoms with Crippen LogP contribution < -0.4 is 21.7 Å². The van der Waals surface area contributed by atoms with E-state index >= 15 is 0 Å². The van der Waals surface area contributed by atoms with Gasteiger partial charge in [-0.2, -0.15) is 0 Å². The monoisotopic (exact) mass is 359 g/mol. The number of carbonyl (C=O) groups is 1. The highest BCUT2D eigenvalue weighted by Gasteiger charge is 2.43. The number of anilines is 1. The largest absolute Gasteiger partial charge is 0.396 e. The first-order chi connectivity index (χ1) is 12.4. The summed E-state index contributed by atoms with van der Waals surface area (Å²) in [7, 11) is 0. The Kier molecular flexibility index (Phi) is 3.71. The quantitative estimate of drug-likeness (QED) is 0.475. The molecule has 1 unspecified atom stereocenters. The van der Waals surface area contributed by atoms with Crippen molar-refractivity contribution in [3.63, 3.8) is 0 Å². The van der Waals surface area contributed by atoms with Crippen LogP contribution in [0.2, 0.25) is 0 Å². The van der Waals surface area contributed by atoms with Crippen LogP contribution in [-0.2, 0) is 0 Å². The number of benzene rings is 1. The third-order valence-corrected chi connectivity index (χ3v) is 4.89. The molecule has 0 radical (unpaired) electrons. The molecule has 0 saturated heterocycles. The topological polar surface area (TPSA) is 91.5 Å². The molecule has 0 aromatic heterocycles. The van der Waals surface area contributed by atoms with Crippen LogP contribution in [0.15, 0.2) is 40.3 Å². The van der Waals surface area contributed by atoms with Gasteiger partial charge in [0.05, 0.1) is 23.2 Å². The lowest BCUT2D eigenvalue weighted by molar-refractivity contribution is 0.102. The van der Waals surface area contributed by atoms with Crippen molar-refractivity contribution in [3.05, 3.63) is 52.5 Å². The fourth-order valence-corrected chi connectivity index (χ4v) is 3.20. The zero-order chi connectivity index (χ0) is 18.5. The summed E-state index contributed by atoms with van der Waals surface area (Å²) in [6.07, 6.45) is 5.32. The third-order valence-electron chi connectivity index (χ3n) is 4.89. The van der Waals surface area contributed by atoms with Gasteiger partial charge in [0.1, 0.15) is 11.6 Å². The van der Waals surface area contributed by atoms with Crippen LogP contribution >= 0.6 is 0 Å². The average molecular weight is 359 g/mol. The summed E-state index contributed by atoms with van der Waals surface area (Å²) in [6.45, 7) is 2.56. The van der Waals surface area contributed by atoms with Gasteiger partial charge in [-0.1, -0.05) is 0 Å². The summed E-state index contributed by atoms with van der Waals surface area (Å²) in [6, 6.07) is 2.09. The summed E-state index contributed by atoms with van der Waals surface area (Å²) in [5, 5.41) is 9.32. The molecule has 2 aliphatic heterocycles. The first kappa shape index (κ1) is 16.6. The summed E-state index contributed by atoms with van der Waals surface area (Å²) < 4.78 is 28.5. The van der Waals surface area contributed by atoms with Crippen LogP contribution in [0.4, 0.5) is 14.5 Å². The number of Topliss-reactive ketones (excluding diaryl/α,β-unsaturated/α-hetero) is 1. The second-order valence-electron chi connectivity index (χ2n) is 6.91. The predicted molar refractivity (Wildman–Crippen MR) is 94.1 cm³/mol. The van der Waals surface area contributed by atoms with E-state index in [0.29, 0.717) is 17.3 Å². The standard InChI is InChI=1S/C18H19F2N5O/c1-18-14(17(23-8-25-18)22-6-9-2-3-9)10(7-24-18)16(26)13-11(19)4-5-12(21)15(13)20/h4-5,7-9,22,24H,2-3,6,21H2,1H3,(H,23,25). The average Bonchev–Trinajstić information content (AvgIpc) is 3.36. The Hall–Kier alpha value is -2.90. The fraction of sp³-hybridized carbons (Fsp3) is 0.333. The molecular formula is C18H19F2N5O. The van der Waals surface area contributed by atoms with Crippen molar-refractivity contribution in [1.82, 2.24) is 16.0 Å². The van der Waals surface area contributed by atoms with E-state index in [4.69, 9.17) is 5.73 Å². The first-order valence-corrected chi connectivity index (χ1v) is 8.46. The van der Waals surface area contributed by atoms with Crippen LogP contribution in [0.25, 0.3) is 0 Å². The van der Waals surface area contributed by atoms with E-state index in [1.165, 1.54) is 25.4 Å². The molecule has 1 aliphatic carbocycles. The van der Waals surface area contributed by atoms with Crippen molar-refractivity contribution in [2.75, 3.05) is 12.3 Å². The molecule has 3 aliphatic rings. The molecule has 26 heavy (non-hydrogen) atoms. The van der Waals surface area contributed by atoms with Crippen LogP contribution in [-0.4, -0.2) is 24.3 Å². The predicted octanol–water partition coefficient (Wildman–Crippen LogP) is 1.78. The lowest BCUT2D eigenvalue weighted by Crippen LogP contribution is -2.44. The second kappa shape index (κ2) is 5.82. The lowest BCUT2D eigenvalue weighted by Gasteiger charge is -2.30. The van der Waals surface area contributed by atoms with Gasteiger partial charge < -0.3 is 21.7 Å². The Morgan fingerprint density at radius 2 is 2.19 bits per heavy atom. The maximum absolute atomic E-state index is 14.3. The van der Waals surface area contributed by atoms with Gasteiger partial charge in [-0.3, -0.25) is 4.79 Å². The molecule has 4 rings (SSSR count). The van der Waals surface area contributed by atoms with Crippen molar-refractivity contribution < 1.29 is 13.6 Å². The van der Waals surface area contributed by atoms with Gasteiger partial charge in [-0.25, -0.2) is 13.8 Å². The minimum Gasteiger partial charge on any atom is -0.396 e. The number of hydrogen-bond donors (Lipinski definition) is 4. The molecule has 1 aromatic rings. The molecule has 1 aromatic carbocycles. The summed E-state index contributed by atoms with van der Waals surface area (Å²) >= 11 is 0. The van der Waals surface area contributed by atoms with E-state index in [-0.39, 0.29) is 11.3 Å². The second-order valence-corrected chi connectivity index (χ2v) is 6.91. The molecule has 0 bridgehead atoms. The van der Waals surface area contributed by atoms with E-state index < -0.39 is 28.6 Å². The number of nitrogens with two attached hydrogens (primary N) is 1. The summed E-state index contributed by atoms with van der Waals surface area (Å²) in [5.41, 5.74) is 4.38. The third kappa shape index (κ3) is 2.61. The van der Waals surface area contributed by atoms with Gasteiger partial charge in [0.2, 0.25) is 5.78 Å². The van der Waals surface area contributed by atoms with E-state index in [1.54, 1.807) is 6.92 Å². The highest BCUT2D eigenvalue weighted by atomic mass is 19.1. The molecule has 1 saturated carbocycles. The number of rotatable bonds is 5. The van der Waals surface area contributed by atoms with Crippen LogP contribution in [0.1, 0.15) is 30.1 Å². The lowest BCUT2D eigenvalue weighted by atomic mass is 9.91. The van der Waals surface area contributed by atoms with E-state index in [0.717, 1.165) is 18.7 Å². The normalized spacial score (nSPS) is 23.9. The van der Waals surface area contributed by atoms with Gasteiger partial charge in [-0.15, -0.1) is 0 Å². The first-order valence-electron chi connectivity index (χ1n) is 8.46. The van der Waals surface area contributed by atoms with Gasteiger partial charge in [-0.05, 0) is 37.8 Å². The molecule has 5 N–H and O–H groups in total. The molecule has 2 heterocycles. The van der Waals surface area contributed by atoms with Crippen molar-refractivity contribution in [1.29, 1.82) is 0 Å². The molecule has 6 nitrogen and oxygen atoms in total. The van der Waals surface area contributed by atoms with E-state index in [2.05, 4.69) is 20.9 Å². The highest BCUT2D eigenvalue weighted by molar-refractivity contribution is 6.13. The Morgan fingerprint density at radius 1 is 1.42 bits per heavy atom. The van der Waals surface area contributed by atoms with Crippen LogP contribution in [0.3, 0.4) is 0 Å². The number of hydrogen-bond acceptors (Lipinski definition) is 6. The van der Waals surface area contributed by atoms with Crippen molar-refractivity contribution in [2.24, 2.45) is 10.9 Å². The van der Waals surface area contributed by atoms with Gasteiger partial charge in [0.25, 0.3) is 0 Å². The van der Waals surface area contributed by atoms with Crippen molar-refractivity contribution in [2.45, 2.75) is 25.4 Å².